The molecule has 1 fully saturated rings. The largest absolute Gasteiger partial charge is 0.481 e. The van der Waals surface area contributed by atoms with E-state index in [1.54, 1.807) is 4.90 Å². The van der Waals surface area contributed by atoms with Gasteiger partial charge in [-0.1, -0.05) is 0 Å². The van der Waals surface area contributed by atoms with Gasteiger partial charge in [0.05, 0.1) is 36.7 Å². The highest BCUT2D eigenvalue weighted by atomic mass is 19.1. The molecule has 0 aliphatic carbocycles. The molecule has 0 bridgehead atoms. The smallest absolute Gasteiger partial charge is 0.305 e. The van der Waals surface area contributed by atoms with E-state index in [0.717, 1.165) is 12.1 Å². The molecular formula is C12H13FN2O5. The summed E-state index contributed by atoms with van der Waals surface area (Å²) in [7, 11) is 0. The van der Waals surface area contributed by atoms with Crippen molar-refractivity contribution in [2.24, 2.45) is 0 Å². The Kier molecular flexibility index (Phi) is 4.14. The number of hydrogen-bond donors (Lipinski definition) is 1. The SMILES string of the molecule is O=C(O)CC1COCCN1c1cc(F)cc([N+](=O)[O-])c1. The quantitative estimate of drug-likeness (QED) is 0.663. The molecule has 7 nitrogen and oxygen atoms in total. The van der Waals surface area contributed by atoms with Crippen molar-refractivity contribution in [2.45, 2.75) is 12.5 Å². The molecule has 1 saturated heterocycles. The van der Waals surface area contributed by atoms with Crippen LogP contribution in [-0.2, 0) is 9.53 Å². The maximum absolute atomic E-state index is 13.5. The minimum atomic E-state index is -1.00. The summed E-state index contributed by atoms with van der Waals surface area (Å²) in [5, 5.41) is 19.6. The lowest BCUT2D eigenvalue weighted by Gasteiger charge is -2.36. The first-order valence-electron chi connectivity index (χ1n) is 5.98. The summed E-state index contributed by atoms with van der Waals surface area (Å²) in [6, 6.07) is 2.76. The summed E-state index contributed by atoms with van der Waals surface area (Å²) in [6.07, 6.45) is -0.176. The predicted octanol–water partition coefficient (Wildman–Crippen LogP) is 1.41. The van der Waals surface area contributed by atoms with Crippen molar-refractivity contribution in [2.75, 3.05) is 24.7 Å². The van der Waals surface area contributed by atoms with Crippen LogP contribution in [0, 0.1) is 15.9 Å². The highest BCUT2D eigenvalue weighted by Crippen LogP contribution is 2.27. The number of benzene rings is 1. The van der Waals surface area contributed by atoms with Crippen molar-refractivity contribution >= 4 is 17.3 Å². The van der Waals surface area contributed by atoms with Crippen LogP contribution in [0.4, 0.5) is 15.8 Å². The van der Waals surface area contributed by atoms with Crippen LogP contribution in [0.1, 0.15) is 6.42 Å². The molecule has 0 radical (unpaired) electrons. The van der Waals surface area contributed by atoms with Gasteiger partial charge in [0.15, 0.2) is 0 Å². The Balaban J connectivity index is 2.31. The van der Waals surface area contributed by atoms with Crippen molar-refractivity contribution < 1.29 is 24.0 Å². The maximum atomic E-state index is 13.5. The maximum Gasteiger partial charge on any atom is 0.305 e. The topological polar surface area (TPSA) is 92.9 Å². The van der Waals surface area contributed by atoms with Gasteiger partial charge in [-0.3, -0.25) is 14.9 Å². The molecule has 1 aliphatic rings. The lowest BCUT2D eigenvalue weighted by atomic mass is 10.1. The zero-order valence-electron chi connectivity index (χ0n) is 10.5. The Morgan fingerprint density at radius 3 is 2.95 bits per heavy atom. The van der Waals surface area contributed by atoms with E-state index in [-0.39, 0.29) is 18.7 Å². The molecule has 0 spiro atoms. The summed E-state index contributed by atoms with van der Waals surface area (Å²) < 4.78 is 18.7. The van der Waals surface area contributed by atoms with Gasteiger partial charge in [0, 0.05) is 18.3 Å². The number of nitrogens with zero attached hydrogens (tertiary/aromatic N) is 2. The van der Waals surface area contributed by atoms with E-state index >= 15 is 0 Å². The lowest BCUT2D eigenvalue weighted by molar-refractivity contribution is -0.385. The predicted molar refractivity (Wildman–Crippen MR) is 67.3 cm³/mol. The molecular weight excluding hydrogens is 271 g/mol. The number of carboxylic acid groups (broad SMARTS) is 1. The molecule has 108 valence electrons. The van der Waals surface area contributed by atoms with Gasteiger partial charge < -0.3 is 14.7 Å². The van der Waals surface area contributed by atoms with Crippen LogP contribution in [0.2, 0.25) is 0 Å². The Morgan fingerprint density at radius 2 is 2.30 bits per heavy atom. The minimum absolute atomic E-state index is 0.176. The third-order valence-corrected chi connectivity index (χ3v) is 3.05. The summed E-state index contributed by atoms with van der Waals surface area (Å²) in [4.78, 5) is 22.5. The first-order valence-corrected chi connectivity index (χ1v) is 5.98. The summed E-state index contributed by atoms with van der Waals surface area (Å²) in [6.45, 7) is 0.912. The fraction of sp³-hybridized carbons (Fsp3) is 0.417. The Hall–Kier alpha value is -2.22. The number of hydrogen-bond acceptors (Lipinski definition) is 5. The summed E-state index contributed by atoms with van der Waals surface area (Å²) >= 11 is 0. The number of nitro groups is 1. The molecule has 1 heterocycles. The Bertz CT molecular complexity index is 537. The van der Waals surface area contributed by atoms with E-state index in [0.29, 0.717) is 18.8 Å². The van der Waals surface area contributed by atoms with E-state index in [1.165, 1.54) is 6.07 Å². The Morgan fingerprint density at radius 1 is 1.55 bits per heavy atom. The Labute approximate surface area is 113 Å². The van der Waals surface area contributed by atoms with Crippen LogP contribution in [0.15, 0.2) is 18.2 Å². The van der Waals surface area contributed by atoms with Gasteiger partial charge in [0.2, 0.25) is 0 Å². The van der Waals surface area contributed by atoms with E-state index in [2.05, 4.69) is 0 Å². The minimum Gasteiger partial charge on any atom is -0.481 e. The van der Waals surface area contributed by atoms with Gasteiger partial charge in [0.1, 0.15) is 5.82 Å². The van der Waals surface area contributed by atoms with Crippen molar-refractivity contribution in [3.05, 3.63) is 34.1 Å². The highest BCUT2D eigenvalue weighted by Gasteiger charge is 2.27. The fourth-order valence-corrected chi connectivity index (χ4v) is 2.20. The average Bonchev–Trinajstić information content (AvgIpc) is 2.37. The molecule has 1 aromatic carbocycles. The second kappa shape index (κ2) is 5.83. The third kappa shape index (κ3) is 3.21. The van der Waals surface area contributed by atoms with Crippen LogP contribution >= 0.6 is 0 Å². The van der Waals surface area contributed by atoms with Crippen LogP contribution in [0.3, 0.4) is 0 Å². The van der Waals surface area contributed by atoms with E-state index in [9.17, 15) is 19.3 Å². The van der Waals surface area contributed by atoms with Crippen LogP contribution in [0.25, 0.3) is 0 Å². The molecule has 1 aromatic rings. The van der Waals surface area contributed by atoms with Gasteiger partial charge in [-0.15, -0.1) is 0 Å². The average molecular weight is 284 g/mol. The molecule has 1 atom stereocenters. The zero-order valence-corrected chi connectivity index (χ0v) is 10.5. The summed E-state index contributed by atoms with van der Waals surface area (Å²) in [5.41, 5.74) is -0.0631. The van der Waals surface area contributed by atoms with Gasteiger partial charge in [-0.2, -0.15) is 0 Å². The second-order valence-electron chi connectivity index (χ2n) is 4.44. The number of non-ortho nitro benzene ring substituents is 1. The van der Waals surface area contributed by atoms with Gasteiger partial charge >= 0.3 is 5.97 Å². The normalized spacial score (nSPS) is 18.9. The molecule has 1 unspecified atom stereocenters. The molecule has 0 amide bonds. The number of morpholine rings is 1. The number of carbonyl (C=O) groups is 1. The number of anilines is 1. The van der Waals surface area contributed by atoms with Crippen molar-refractivity contribution in [3.8, 4) is 0 Å². The number of aliphatic carboxylic acids is 1. The lowest BCUT2D eigenvalue weighted by Crippen LogP contribution is -2.46. The monoisotopic (exact) mass is 284 g/mol. The van der Waals surface area contributed by atoms with Gasteiger partial charge in [-0.05, 0) is 6.07 Å². The molecule has 1 aliphatic heterocycles. The van der Waals surface area contributed by atoms with Crippen LogP contribution in [-0.4, -0.2) is 41.8 Å². The van der Waals surface area contributed by atoms with Crippen molar-refractivity contribution in [3.63, 3.8) is 0 Å². The van der Waals surface area contributed by atoms with E-state index < -0.39 is 22.8 Å². The zero-order chi connectivity index (χ0) is 14.7. The first-order chi connectivity index (χ1) is 9.47. The van der Waals surface area contributed by atoms with Crippen molar-refractivity contribution in [1.82, 2.24) is 0 Å². The molecule has 0 aromatic heterocycles. The van der Waals surface area contributed by atoms with Gasteiger partial charge in [-0.25, -0.2) is 4.39 Å². The summed E-state index contributed by atoms with van der Waals surface area (Å²) in [5.74, 6) is -1.73. The van der Waals surface area contributed by atoms with Crippen LogP contribution < -0.4 is 4.90 Å². The number of ether oxygens (including phenoxy) is 1. The number of rotatable bonds is 4. The van der Waals surface area contributed by atoms with Gasteiger partial charge in [0.25, 0.3) is 5.69 Å². The fourth-order valence-electron chi connectivity index (χ4n) is 2.20. The second-order valence-corrected chi connectivity index (χ2v) is 4.44. The standard InChI is InChI=1S/C12H13FN2O5/c13-8-3-9(5-10(4-8)15(18)19)14-1-2-20-7-11(14)6-12(16)17/h3-5,11H,1-2,6-7H2,(H,16,17). The number of halogens is 1. The van der Waals surface area contributed by atoms with E-state index in [1.807, 2.05) is 0 Å². The van der Waals surface area contributed by atoms with E-state index in [4.69, 9.17) is 9.84 Å². The number of nitro benzene ring substituents is 1. The van der Waals surface area contributed by atoms with Crippen LogP contribution in [0.5, 0.6) is 0 Å². The molecule has 8 heteroatoms. The molecule has 1 N–H and O–H groups in total. The molecule has 2 rings (SSSR count). The molecule has 0 saturated carbocycles. The highest BCUT2D eigenvalue weighted by molar-refractivity contribution is 5.69. The number of carboxylic acids is 1. The third-order valence-electron chi connectivity index (χ3n) is 3.05. The van der Waals surface area contributed by atoms with Crippen molar-refractivity contribution in [1.29, 1.82) is 0 Å². The molecule has 20 heavy (non-hydrogen) atoms. The first kappa shape index (κ1) is 14.2.